The molecule has 1 aliphatic rings. The second kappa shape index (κ2) is 14.0. The molecular weight excluding hydrogens is 516 g/mol. The van der Waals surface area contributed by atoms with Crippen LogP contribution < -0.4 is 5.32 Å². The van der Waals surface area contributed by atoms with Gasteiger partial charge in [-0.05, 0) is 53.0 Å². The molecule has 3 aromatic rings. The van der Waals surface area contributed by atoms with Gasteiger partial charge < -0.3 is 10.2 Å². The molecule has 1 atom stereocenters. The minimum absolute atomic E-state index is 0.0421. The summed E-state index contributed by atoms with van der Waals surface area (Å²) in [5.41, 5.74) is 4.34. The van der Waals surface area contributed by atoms with Gasteiger partial charge in [-0.25, -0.2) is 0 Å². The Bertz CT molecular complexity index is 1240. The van der Waals surface area contributed by atoms with Gasteiger partial charge in [0.25, 0.3) is 0 Å². The van der Waals surface area contributed by atoms with E-state index in [1.165, 1.54) is 12.0 Å². The highest BCUT2D eigenvalue weighted by atomic mass is 35.5. The average molecular weight is 559 g/mol. The molecule has 0 saturated heterocycles. The first-order valence-corrected chi connectivity index (χ1v) is 15.0. The van der Waals surface area contributed by atoms with Gasteiger partial charge in [-0.15, -0.1) is 0 Å². The van der Waals surface area contributed by atoms with Crippen molar-refractivity contribution in [3.05, 3.63) is 106 Å². The van der Waals surface area contributed by atoms with Gasteiger partial charge in [0, 0.05) is 30.5 Å². The molecule has 4 rings (SSSR count). The van der Waals surface area contributed by atoms with Crippen molar-refractivity contribution < 1.29 is 9.59 Å². The van der Waals surface area contributed by atoms with E-state index in [0.717, 1.165) is 42.4 Å². The lowest BCUT2D eigenvalue weighted by atomic mass is 9.86. The van der Waals surface area contributed by atoms with Crippen molar-refractivity contribution in [2.45, 2.75) is 96.2 Å². The van der Waals surface area contributed by atoms with E-state index < -0.39 is 6.04 Å². The quantitative estimate of drug-likeness (QED) is 0.278. The predicted molar refractivity (Wildman–Crippen MR) is 164 cm³/mol. The molecule has 0 heterocycles. The van der Waals surface area contributed by atoms with Crippen molar-refractivity contribution in [3.63, 3.8) is 0 Å². The largest absolute Gasteiger partial charge is 0.352 e. The number of amides is 2. The lowest BCUT2D eigenvalue weighted by molar-refractivity contribution is -0.141. The van der Waals surface area contributed by atoms with Gasteiger partial charge in [-0.2, -0.15) is 0 Å². The van der Waals surface area contributed by atoms with Crippen LogP contribution in [-0.4, -0.2) is 28.8 Å². The van der Waals surface area contributed by atoms with Crippen molar-refractivity contribution in [1.29, 1.82) is 0 Å². The minimum atomic E-state index is -0.628. The summed E-state index contributed by atoms with van der Waals surface area (Å²) in [4.78, 5) is 29.7. The number of carbonyl (C=O) groups excluding carboxylic acids is 2. The molecule has 0 radical (unpaired) electrons. The van der Waals surface area contributed by atoms with Gasteiger partial charge in [0.05, 0.1) is 0 Å². The standard InChI is InChI=1S/C35H43ClN2O2/c1-35(2,3)29-21-18-26(19-22-29)20-23-33(39)38(25-28-14-10-11-17-31(28)36)32(24-27-12-6-4-7-13-27)34(40)37-30-15-8-5-9-16-30/h4,6-7,10-14,17-19,21-22,30,32H,5,8-9,15-16,20,23-25H2,1-3H3,(H,37,40). The van der Waals surface area contributed by atoms with Gasteiger partial charge in [0.15, 0.2) is 0 Å². The zero-order chi connectivity index (χ0) is 28.5. The zero-order valence-corrected chi connectivity index (χ0v) is 24.9. The Morgan fingerprint density at radius 2 is 1.52 bits per heavy atom. The molecule has 0 spiro atoms. The fourth-order valence-electron chi connectivity index (χ4n) is 5.47. The Balaban J connectivity index is 1.59. The Kier molecular flexibility index (Phi) is 10.4. The Morgan fingerprint density at radius 3 is 2.17 bits per heavy atom. The van der Waals surface area contributed by atoms with Gasteiger partial charge in [0.2, 0.25) is 11.8 Å². The first kappa shape index (κ1) is 29.9. The van der Waals surface area contributed by atoms with E-state index in [4.69, 9.17) is 11.6 Å². The molecule has 2 amide bonds. The van der Waals surface area contributed by atoms with Crippen LogP contribution in [0.25, 0.3) is 0 Å². The van der Waals surface area contributed by atoms with Gasteiger partial charge in [0.1, 0.15) is 6.04 Å². The summed E-state index contributed by atoms with van der Waals surface area (Å²) in [5, 5.41) is 3.90. The summed E-state index contributed by atoms with van der Waals surface area (Å²) in [6.07, 6.45) is 6.85. The number of carbonyl (C=O) groups is 2. The summed E-state index contributed by atoms with van der Waals surface area (Å²) in [5.74, 6) is -0.120. The fourth-order valence-corrected chi connectivity index (χ4v) is 5.67. The SMILES string of the molecule is CC(C)(C)c1ccc(CCC(=O)N(Cc2ccccc2Cl)C(Cc2ccccc2)C(=O)NC2CCCCC2)cc1. The Morgan fingerprint density at radius 1 is 0.875 bits per heavy atom. The van der Waals surface area contributed by atoms with Crippen LogP contribution in [0, 0.1) is 0 Å². The number of rotatable bonds is 10. The third-order valence-electron chi connectivity index (χ3n) is 7.97. The normalized spacial score (nSPS) is 14.9. The molecule has 0 aromatic heterocycles. The van der Waals surface area contributed by atoms with Crippen LogP contribution in [0.1, 0.15) is 81.5 Å². The second-order valence-corrected chi connectivity index (χ2v) is 12.5. The van der Waals surface area contributed by atoms with Crippen LogP contribution in [0.2, 0.25) is 5.02 Å². The van der Waals surface area contributed by atoms with Gasteiger partial charge >= 0.3 is 0 Å². The molecular formula is C35H43ClN2O2. The molecule has 1 fully saturated rings. The highest BCUT2D eigenvalue weighted by molar-refractivity contribution is 6.31. The molecule has 5 heteroatoms. The van der Waals surface area contributed by atoms with E-state index in [0.29, 0.717) is 24.3 Å². The minimum Gasteiger partial charge on any atom is -0.352 e. The smallest absolute Gasteiger partial charge is 0.243 e. The summed E-state index contributed by atoms with van der Waals surface area (Å²) < 4.78 is 0. The number of halogens is 1. The highest BCUT2D eigenvalue weighted by Gasteiger charge is 2.32. The van der Waals surface area contributed by atoms with Crippen molar-refractivity contribution in [1.82, 2.24) is 10.2 Å². The summed E-state index contributed by atoms with van der Waals surface area (Å²) in [6.45, 7) is 6.88. The lowest BCUT2D eigenvalue weighted by Crippen LogP contribution is -2.53. The summed E-state index contributed by atoms with van der Waals surface area (Å²) in [7, 11) is 0. The molecule has 212 valence electrons. The zero-order valence-electron chi connectivity index (χ0n) is 24.2. The molecule has 0 aliphatic heterocycles. The van der Waals surface area contributed by atoms with Crippen molar-refractivity contribution >= 4 is 23.4 Å². The van der Waals surface area contributed by atoms with Crippen LogP contribution in [0.3, 0.4) is 0 Å². The van der Waals surface area contributed by atoms with Crippen molar-refractivity contribution in [2.75, 3.05) is 0 Å². The number of benzene rings is 3. The van der Waals surface area contributed by atoms with Crippen LogP contribution in [0.15, 0.2) is 78.9 Å². The monoisotopic (exact) mass is 558 g/mol. The van der Waals surface area contributed by atoms with Crippen LogP contribution in [0.4, 0.5) is 0 Å². The molecule has 0 bridgehead atoms. The average Bonchev–Trinajstić information content (AvgIpc) is 2.95. The van der Waals surface area contributed by atoms with Crippen molar-refractivity contribution in [3.8, 4) is 0 Å². The van der Waals surface area contributed by atoms with Gasteiger partial charge in [-0.3, -0.25) is 9.59 Å². The second-order valence-electron chi connectivity index (χ2n) is 12.1. The Labute approximate surface area is 245 Å². The topological polar surface area (TPSA) is 49.4 Å². The number of hydrogen-bond acceptors (Lipinski definition) is 2. The first-order valence-electron chi connectivity index (χ1n) is 14.7. The predicted octanol–water partition coefficient (Wildman–Crippen LogP) is 7.66. The van der Waals surface area contributed by atoms with Crippen molar-refractivity contribution in [2.24, 2.45) is 0 Å². The maximum atomic E-state index is 14.0. The molecule has 1 N–H and O–H groups in total. The molecule has 4 nitrogen and oxygen atoms in total. The molecule has 40 heavy (non-hydrogen) atoms. The van der Waals surface area contributed by atoms with Crippen LogP contribution in [0.5, 0.6) is 0 Å². The van der Waals surface area contributed by atoms with E-state index >= 15 is 0 Å². The molecule has 1 aliphatic carbocycles. The maximum Gasteiger partial charge on any atom is 0.243 e. The Hall–Kier alpha value is -3.11. The summed E-state index contributed by atoms with van der Waals surface area (Å²) in [6, 6.07) is 25.6. The number of nitrogens with zero attached hydrogens (tertiary/aromatic N) is 1. The third-order valence-corrected chi connectivity index (χ3v) is 8.34. The van der Waals surface area contributed by atoms with E-state index in [1.807, 2.05) is 54.6 Å². The van der Waals surface area contributed by atoms with E-state index in [1.54, 1.807) is 4.90 Å². The van der Waals surface area contributed by atoms with Gasteiger partial charge in [-0.1, -0.05) is 124 Å². The van der Waals surface area contributed by atoms with E-state index in [-0.39, 0.29) is 29.8 Å². The van der Waals surface area contributed by atoms with Crippen LogP contribution in [-0.2, 0) is 34.4 Å². The maximum absolute atomic E-state index is 14.0. The van der Waals surface area contributed by atoms with E-state index in [2.05, 4.69) is 50.4 Å². The van der Waals surface area contributed by atoms with E-state index in [9.17, 15) is 9.59 Å². The fraction of sp³-hybridized carbons (Fsp3) is 0.429. The first-order chi connectivity index (χ1) is 19.2. The number of hydrogen-bond donors (Lipinski definition) is 1. The third kappa shape index (κ3) is 8.44. The number of nitrogens with one attached hydrogen (secondary N) is 1. The molecule has 3 aromatic carbocycles. The molecule has 1 unspecified atom stereocenters. The highest BCUT2D eigenvalue weighted by Crippen LogP contribution is 2.25. The summed E-state index contributed by atoms with van der Waals surface area (Å²) >= 11 is 6.56. The van der Waals surface area contributed by atoms with Crippen LogP contribution >= 0.6 is 11.6 Å². The lowest BCUT2D eigenvalue weighted by Gasteiger charge is -2.34. The number of aryl methyl sites for hydroxylation is 1. The molecule has 1 saturated carbocycles.